The van der Waals surface area contributed by atoms with E-state index >= 15 is 0 Å². The minimum atomic E-state index is -0.630. The Balaban J connectivity index is 2.21. The molecule has 72 valence electrons. The van der Waals surface area contributed by atoms with Gasteiger partial charge in [-0.2, -0.15) is 0 Å². The third-order valence-corrected chi connectivity index (χ3v) is 2.34. The molecule has 0 radical (unpaired) electrons. The van der Waals surface area contributed by atoms with Crippen LogP contribution in [0.1, 0.15) is 32.6 Å². The lowest BCUT2D eigenvalue weighted by Gasteiger charge is -2.21. The number of rotatable bonds is 4. The maximum atomic E-state index is 9.88. The van der Waals surface area contributed by atoms with Crippen molar-refractivity contribution in [3.8, 4) is 0 Å². The second kappa shape index (κ2) is 4.21. The standard InChI is InChI=1S/C9H19NO2/c1-2-5-12-7-9(11)4-3-8(10)6-9/h8,11H,2-7,10H2,1H3. The van der Waals surface area contributed by atoms with Crippen molar-refractivity contribution >= 4 is 0 Å². The zero-order valence-corrected chi connectivity index (χ0v) is 7.75. The summed E-state index contributed by atoms with van der Waals surface area (Å²) in [7, 11) is 0. The van der Waals surface area contributed by atoms with Crippen LogP contribution in [0.15, 0.2) is 0 Å². The van der Waals surface area contributed by atoms with Gasteiger partial charge in [0.05, 0.1) is 12.2 Å². The molecule has 3 heteroatoms. The van der Waals surface area contributed by atoms with Crippen molar-refractivity contribution in [1.82, 2.24) is 0 Å². The fraction of sp³-hybridized carbons (Fsp3) is 1.00. The summed E-state index contributed by atoms with van der Waals surface area (Å²) in [5.41, 5.74) is 5.07. The predicted molar refractivity (Wildman–Crippen MR) is 47.9 cm³/mol. The van der Waals surface area contributed by atoms with Crippen molar-refractivity contribution in [1.29, 1.82) is 0 Å². The van der Waals surface area contributed by atoms with E-state index in [1.807, 2.05) is 0 Å². The molecule has 1 fully saturated rings. The molecule has 1 rings (SSSR count). The van der Waals surface area contributed by atoms with E-state index in [0.717, 1.165) is 25.9 Å². The average Bonchev–Trinajstić information content (AvgIpc) is 2.32. The Bertz CT molecular complexity index is 140. The Morgan fingerprint density at radius 1 is 1.67 bits per heavy atom. The third-order valence-electron chi connectivity index (χ3n) is 2.34. The molecule has 0 heterocycles. The lowest BCUT2D eigenvalue weighted by atomic mass is 10.0. The van der Waals surface area contributed by atoms with Crippen LogP contribution in [0.2, 0.25) is 0 Å². The van der Waals surface area contributed by atoms with Crippen LogP contribution in [0, 0.1) is 0 Å². The van der Waals surface area contributed by atoms with Gasteiger partial charge in [-0.05, 0) is 25.7 Å². The Hall–Kier alpha value is -0.120. The molecular formula is C9H19NO2. The minimum Gasteiger partial charge on any atom is -0.387 e. The van der Waals surface area contributed by atoms with Crippen LogP contribution in [-0.2, 0) is 4.74 Å². The fourth-order valence-electron chi connectivity index (χ4n) is 1.68. The number of hydrogen-bond donors (Lipinski definition) is 2. The van der Waals surface area contributed by atoms with Crippen LogP contribution < -0.4 is 5.73 Å². The Morgan fingerprint density at radius 2 is 2.42 bits per heavy atom. The molecule has 1 saturated carbocycles. The van der Waals surface area contributed by atoms with Crippen molar-refractivity contribution < 1.29 is 9.84 Å². The molecule has 2 atom stereocenters. The van der Waals surface area contributed by atoms with E-state index in [1.54, 1.807) is 0 Å². The first kappa shape index (κ1) is 9.96. The van der Waals surface area contributed by atoms with Crippen molar-refractivity contribution in [2.75, 3.05) is 13.2 Å². The summed E-state index contributed by atoms with van der Waals surface area (Å²) >= 11 is 0. The van der Waals surface area contributed by atoms with Gasteiger partial charge in [-0.15, -0.1) is 0 Å². The maximum absolute atomic E-state index is 9.88. The quantitative estimate of drug-likeness (QED) is 0.614. The number of hydrogen-bond acceptors (Lipinski definition) is 3. The highest BCUT2D eigenvalue weighted by Gasteiger charge is 2.35. The molecule has 3 nitrogen and oxygen atoms in total. The largest absolute Gasteiger partial charge is 0.387 e. The summed E-state index contributed by atoms with van der Waals surface area (Å²) < 4.78 is 5.31. The Kier molecular flexibility index (Phi) is 3.50. The van der Waals surface area contributed by atoms with Crippen LogP contribution in [0.25, 0.3) is 0 Å². The molecule has 0 aromatic rings. The maximum Gasteiger partial charge on any atom is 0.0895 e. The van der Waals surface area contributed by atoms with Crippen LogP contribution >= 0.6 is 0 Å². The zero-order valence-electron chi connectivity index (χ0n) is 7.75. The van der Waals surface area contributed by atoms with Gasteiger partial charge >= 0.3 is 0 Å². The molecule has 3 N–H and O–H groups in total. The molecule has 1 aliphatic rings. The predicted octanol–water partition coefficient (Wildman–Crippen LogP) is 0.655. The van der Waals surface area contributed by atoms with Gasteiger partial charge in [0.15, 0.2) is 0 Å². The third kappa shape index (κ3) is 2.73. The molecule has 0 spiro atoms. The van der Waals surface area contributed by atoms with E-state index in [4.69, 9.17) is 10.5 Å². The molecule has 12 heavy (non-hydrogen) atoms. The summed E-state index contributed by atoms with van der Waals surface area (Å²) in [6, 6.07) is 0.167. The highest BCUT2D eigenvalue weighted by atomic mass is 16.5. The summed E-state index contributed by atoms with van der Waals surface area (Å²) in [6.07, 6.45) is 3.41. The van der Waals surface area contributed by atoms with Gasteiger partial charge in [-0.3, -0.25) is 0 Å². The SMILES string of the molecule is CCCOCC1(O)CCC(N)C1. The lowest BCUT2D eigenvalue weighted by molar-refractivity contribution is -0.0418. The van der Waals surface area contributed by atoms with Gasteiger partial charge in [-0.25, -0.2) is 0 Å². The van der Waals surface area contributed by atoms with Gasteiger partial charge in [0, 0.05) is 12.6 Å². The monoisotopic (exact) mass is 173 g/mol. The Labute approximate surface area is 73.9 Å². The van der Waals surface area contributed by atoms with Crippen LogP contribution in [0.3, 0.4) is 0 Å². The number of nitrogens with two attached hydrogens (primary N) is 1. The van der Waals surface area contributed by atoms with E-state index in [0.29, 0.717) is 13.0 Å². The smallest absolute Gasteiger partial charge is 0.0895 e. The van der Waals surface area contributed by atoms with Gasteiger partial charge < -0.3 is 15.6 Å². The first-order valence-electron chi connectivity index (χ1n) is 4.72. The molecular weight excluding hydrogens is 154 g/mol. The van der Waals surface area contributed by atoms with Crippen molar-refractivity contribution in [3.05, 3.63) is 0 Å². The average molecular weight is 173 g/mol. The van der Waals surface area contributed by atoms with Gasteiger partial charge in [0.1, 0.15) is 0 Å². The molecule has 2 unspecified atom stereocenters. The normalized spacial score (nSPS) is 35.8. The molecule has 1 aliphatic carbocycles. The first-order chi connectivity index (χ1) is 5.66. The van der Waals surface area contributed by atoms with E-state index in [1.165, 1.54) is 0 Å². The van der Waals surface area contributed by atoms with Crippen molar-refractivity contribution in [2.24, 2.45) is 5.73 Å². The van der Waals surface area contributed by atoms with Crippen LogP contribution in [0.5, 0.6) is 0 Å². The minimum absolute atomic E-state index is 0.167. The van der Waals surface area contributed by atoms with Gasteiger partial charge in [-0.1, -0.05) is 6.92 Å². The zero-order chi connectivity index (χ0) is 9.03. The topological polar surface area (TPSA) is 55.5 Å². The number of aliphatic hydroxyl groups is 1. The van der Waals surface area contributed by atoms with Gasteiger partial charge in [0.25, 0.3) is 0 Å². The molecule has 0 aliphatic heterocycles. The van der Waals surface area contributed by atoms with Crippen LogP contribution in [0.4, 0.5) is 0 Å². The Morgan fingerprint density at radius 3 is 2.92 bits per heavy atom. The first-order valence-corrected chi connectivity index (χ1v) is 4.72. The second-order valence-corrected chi connectivity index (χ2v) is 3.78. The summed E-state index contributed by atoms with van der Waals surface area (Å²) in [6.45, 7) is 3.25. The lowest BCUT2D eigenvalue weighted by Crippen LogP contribution is -2.33. The highest BCUT2D eigenvalue weighted by molar-refractivity contribution is 4.90. The highest BCUT2D eigenvalue weighted by Crippen LogP contribution is 2.28. The molecule has 0 aromatic heterocycles. The van der Waals surface area contributed by atoms with Crippen LogP contribution in [-0.4, -0.2) is 30.0 Å². The number of ether oxygens (including phenoxy) is 1. The fourth-order valence-corrected chi connectivity index (χ4v) is 1.68. The molecule has 0 bridgehead atoms. The second-order valence-electron chi connectivity index (χ2n) is 3.78. The van der Waals surface area contributed by atoms with E-state index in [2.05, 4.69) is 6.92 Å². The molecule has 0 saturated heterocycles. The van der Waals surface area contributed by atoms with Gasteiger partial charge in [0.2, 0.25) is 0 Å². The van der Waals surface area contributed by atoms with Crippen molar-refractivity contribution in [2.45, 2.75) is 44.2 Å². The van der Waals surface area contributed by atoms with Crippen molar-refractivity contribution in [3.63, 3.8) is 0 Å². The summed E-state index contributed by atoms with van der Waals surface area (Å²) in [5.74, 6) is 0. The summed E-state index contributed by atoms with van der Waals surface area (Å²) in [4.78, 5) is 0. The molecule has 0 amide bonds. The van der Waals surface area contributed by atoms with E-state index in [-0.39, 0.29) is 6.04 Å². The molecule has 0 aromatic carbocycles. The summed E-state index contributed by atoms with van der Waals surface area (Å²) in [5, 5.41) is 9.88. The van der Waals surface area contributed by atoms with E-state index in [9.17, 15) is 5.11 Å². The van der Waals surface area contributed by atoms with E-state index < -0.39 is 5.60 Å².